The molecule has 0 saturated heterocycles. The van der Waals surface area contributed by atoms with E-state index in [4.69, 9.17) is 7.85 Å². The molecule has 1 aliphatic rings. The quantitative estimate of drug-likeness (QED) is 0.560. The second-order valence-electron chi connectivity index (χ2n) is 5.46. The van der Waals surface area contributed by atoms with Gasteiger partial charge in [-0.15, -0.1) is 13.2 Å². The largest absolute Gasteiger partial charge is 0.393 e. The molecule has 0 aromatic carbocycles. The van der Waals surface area contributed by atoms with Crippen molar-refractivity contribution in [1.82, 2.24) is 0 Å². The van der Waals surface area contributed by atoms with Gasteiger partial charge in [-0.1, -0.05) is 19.2 Å². The molecule has 0 aromatic heterocycles. The Morgan fingerprint density at radius 3 is 2.43 bits per heavy atom. The molecule has 4 atom stereocenters. The Hall–Kier alpha value is 0.325. The fourth-order valence-electron chi connectivity index (χ4n) is 2.19. The van der Waals surface area contributed by atoms with Crippen LogP contribution in [0, 0.1) is 11.8 Å². The Balaban J connectivity index is 2.44. The monoisotopic (exact) mass is 212 g/mol. The normalized spacial score (nSPS) is 38.9. The Bertz CT molecular complexity index is 235. The van der Waals surface area contributed by atoms with Gasteiger partial charge in [0.05, 0.1) is 14.0 Å². The molecule has 1 nitrogen and oxygen atoms in total. The molecule has 0 heterocycles. The van der Waals surface area contributed by atoms with Crippen molar-refractivity contribution in [3.8, 4) is 0 Å². The van der Waals surface area contributed by atoms with Gasteiger partial charge in [-0.3, -0.25) is 0 Å². The van der Waals surface area contributed by atoms with E-state index >= 15 is 0 Å². The van der Waals surface area contributed by atoms with Crippen LogP contribution in [0.2, 0.25) is 5.82 Å². The van der Waals surface area contributed by atoms with Gasteiger partial charge in [0.25, 0.3) is 0 Å². The third-order valence-electron chi connectivity index (χ3n) is 3.38. The van der Waals surface area contributed by atoms with E-state index in [0.29, 0.717) is 5.92 Å². The summed E-state index contributed by atoms with van der Waals surface area (Å²) in [7, 11) is 5.93. The highest BCUT2D eigenvalue weighted by Gasteiger charge is 2.36. The number of aliphatic hydroxyl groups excluding tert-OH is 1. The van der Waals surface area contributed by atoms with Crippen LogP contribution in [0.3, 0.4) is 0 Å². The molecular formula is C11H22BOP. The summed E-state index contributed by atoms with van der Waals surface area (Å²) in [5, 5.41) is 9.94. The zero-order valence-electron chi connectivity index (χ0n) is 9.61. The minimum absolute atomic E-state index is 0.184. The topological polar surface area (TPSA) is 20.2 Å². The van der Waals surface area contributed by atoms with Gasteiger partial charge >= 0.3 is 0 Å². The first-order chi connectivity index (χ1) is 6.31. The minimum Gasteiger partial charge on any atom is -0.393 e. The first kappa shape index (κ1) is 12.4. The average Bonchev–Trinajstić information content (AvgIpc) is 2.28. The van der Waals surface area contributed by atoms with Crippen LogP contribution in [0.1, 0.15) is 19.8 Å². The summed E-state index contributed by atoms with van der Waals surface area (Å²) in [6.07, 6.45) is 7.27. The predicted octanol–water partition coefficient (Wildman–Crippen LogP) is 2.06. The van der Waals surface area contributed by atoms with Gasteiger partial charge in [-0.2, -0.15) is 0 Å². The SMILES string of the molecule is [B][C@@H]1C[C@H](CCP(=C)(C)C)[C@@H](O)C1C. The van der Waals surface area contributed by atoms with Gasteiger partial charge in [-0.25, -0.2) is 0 Å². The standard InChI is InChI=1S/C11H22BOP/c1-8-10(12)7-9(11(8)13)5-6-14(2,3)4/h8-11,13H,2,5-7H2,1,3-4H3/t8?,9-,10+,11-/m0/s1. The van der Waals surface area contributed by atoms with E-state index in [1.54, 1.807) is 0 Å². The van der Waals surface area contributed by atoms with Crippen molar-refractivity contribution in [3.63, 3.8) is 0 Å². The average molecular weight is 212 g/mol. The number of aliphatic hydroxyl groups is 1. The van der Waals surface area contributed by atoms with Gasteiger partial charge in [0.1, 0.15) is 0 Å². The van der Waals surface area contributed by atoms with E-state index in [1.807, 2.05) is 0 Å². The molecule has 1 rings (SSSR count). The summed E-state index contributed by atoms with van der Waals surface area (Å²) in [4.78, 5) is 0. The summed E-state index contributed by atoms with van der Waals surface area (Å²) < 4.78 is 0. The highest BCUT2D eigenvalue weighted by Crippen LogP contribution is 2.44. The van der Waals surface area contributed by atoms with E-state index in [1.165, 1.54) is 6.16 Å². The second kappa shape index (κ2) is 4.45. The molecular weight excluding hydrogens is 190 g/mol. The molecule has 0 spiro atoms. The maximum absolute atomic E-state index is 9.94. The predicted molar refractivity (Wildman–Crippen MR) is 68.2 cm³/mol. The van der Waals surface area contributed by atoms with E-state index < -0.39 is 6.89 Å². The van der Waals surface area contributed by atoms with E-state index in [0.717, 1.165) is 12.8 Å². The first-order valence-electron chi connectivity index (χ1n) is 5.42. The third kappa shape index (κ3) is 3.17. The van der Waals surface area contributed by atoms with Crippen LogP contribution in [-0.4, -0.2) is 44.8 Å². The zero-order chi connectivity index (χ0) is 10.9. The first-order valence-corrected chi connectivity index (χ1v) is 8.47. The summed E-state index contributed by atoms with van der Waals surface area (Å²) in [6.45, 7) is 5.61. The molecule has 1 unspecified atom stereocenters. The van der Waals surface area contributed by atoms with Gasteiger partial charge < -0.3 is 5.11 Å². The highest BCUT2D eigenvalue weighted by molar-refractivity contribution is 7.72. The van der Waals surface area contributed by atoms with Gasteiger partial charge in [-0.05, 0) is 37.7 Å². The van der Waals surface area contributed by atoms with Crippen LogP contribution in [-0.2, 0) is 0 Å². The summed E-state index contributed by atoms with van der Waals surface area (Å²) in [5.74, 6) is 0.883. The fraction of sp³-hybridized carbons (Fsp3) is 0.909. The number of hydrogen-bond acceptors (Lipinski definition) is 1. The minimum atomic E-state index is -0.936. The summed E-state index contributed by atoms with van der Waals surface area (Å²) in [5.41, 5.74) is 0. The lowest BCUT2D eigenvalue weighted by molar-refractivity contribution is 0.0967. The Kier molecular flexibility index (Phi) is 3.94. The lowest BCUT2D eigenvalue weighted by Crippen LogP contribution is -2.20. The Morgan fingerprint density at radius 1 is 1.50 bits per heavy atom. The lowest BCUT2D eigenvalue weighted by Gasteiger charge is -2.20. The molecule has 80 valence electrons. The maximum atomic E-state index is 9.94. The molecule has 14 heavy (non-hydrogen) atoms. The van der Waals surface area contributed by atoms with Gasteiger partial charge in [0, 0.05) is 0 Å². The molecule has 3 heteroatoms. The van der Waals surface area contributed by atoms with Crippen molar-refractivity contribution >= 4 is 21.0 Å². The summed E-state index contributed by atoms with van der Waals surface area (Å²) >= 11 is 0. The van der Waals surface area contributed by atoms with Crippen molar-refractivity contribution in [2.24, 2.45) is 11.8 Å². The van der Waals surface area contributed by atoms with Crippen LogP contribution in [0.5, 0.6) is 0 Å². The fourth-order valence-corrected chi connectivity index (χ4v) is 3.22. The van der Waals surface area contributed by atoms with E-state index in [9.17, 15) is 5.11 Å². The smallest absolute Gasteiger partial charge is 0.0704 e. The number of rotatable bonds is 3. The van der Waals surface area contributed by atoms with Crippen molar-refractivity contribution in [2.45, 2.75) is 31.7 Å². The van der Waals surface area contributed by atoms with E-state index in [-0.39, 0.29) is 17.8 Å². The van der Waals surface area contributed by atoms with Crippen LogP contribution >= 0.6 is 6.89 Å². The van der Waals surface area contributed by atoms with Crippen LogP contribution in [0.25, 0.3) is 0 Å². The Morgan fingerprint density at radius 2 is 2.07 bits per heavy atom. The maximum Gasteiger partial charge on any atom is 0.0704 e. The number of hydrogen-bond donors (Lipinski definition) is 1. The highest BCUT2D eigenvalue weighted by atomic mass is 31.2. The molecule has 1 fully saturated rings. The van der Waals surface area contributed by atoms with Crippen LogP contribution in [0.15, 0.2) is 0 Å². The van der Waals surface area contributed by atoms with Crippen molar-refractivity contribution in [2.75, 3.05) is 19.5 Å². The third-order valence-corrected chi connectivity index (χ3v) is 4.85. The second-order valence-corrected chi connectivity index (χ2v) is 9.78. The molecule has 0 amide bonds. The van der Waals surface area contributed by atoms with Crippen LogP contribution in [0.4, 0.5) is 0 Å². The molecule has 2 radical (unpaired) electrons. The van der Waals surface area contributed by atoms with Crippen LogP contribution < -0.4 is 0 Å². The molecule has 1 aliphatic carbocycles. The van der Waals surface area contributed by atoms with E-state index in [2.05, 4.69) is 26.6 Å². The molecule has 0 aromatic rings. The van der Waals surface area contributed by atoms with Gasteiger partial charge in [0.15, 0.2) is 0 Å². The molecule has 1 saturated carbocycles. The van der Waals surface area contributed by atoms with Crippen molar-refractivity contribution < 1.29 is 5.11 Å². The summed E-state index contributed by atoms with van der Waals surface area (Å²) in [6, 6.07) is 0. The molecule has 1 N–H and O–H groups in total. The lowest BCUT2D eigenvalue weighted by atomic mass is 9.79. The molecule has 0 aliphatic heterocycles. The Labute approximate surface area is 89.7 Å². The van der Waals surface area contributed by atoms with Crippen molar-refractivity contribution in [1.29, 1.82) is 0 Å². The molecule has 0 bridgehead atoms. The zero-order valence-corrected chi connectivity index (χ0v) is 10.5. The van der Waals surface area contributed by atoms with Gasteiger partial charge in [0.2, 0.25) is 0 Å². The van der Waals surface area contributed by atoms with Crippen molar-refractivity contribution in [3.05, 3.63) is 0 Å².